The fourth-order valence-electron chi connectivity index (χ4n) is 2.74. The maximum absolute atomic E-state index is 13.6. The predicted octanol–water partition coefficient (Wildman–Crippen LogP) is 3.31. The van der Waals surface area contributed by atoms with Crippen LogP contribution in [0.25, 0.3) is 0 Å². The van der Waals surface area contributed by atoms with E-state index in [2.05, 4.69) is 11.3 Å². The first-order valence-electron chi connectivity index (χ1n) is 7.91. The Bertz CT molecular complexity index is 692. The van der Waals surface area contributed by atoms with Crippen LogP contribution in [0.15, 0.2) is 71.8 Å². The number of halogens is 3. The molecule has 3 atom stereocenters. The van der Waals surface area contributed by atoms with Gasteiger partial charge in [-0.15, -0.1) is 0 Å². The quantitative estimate of drug-likeness (QED) is 0.598. The first-order valence-corrected chi connectivity index (χ1v) is 7.91. The second-order valence-electron chi connectivity index (χ2n) is 5.85. The molecule has 2 aliphatic carbocycles. The summed E-state index contributed by atoms with van der Waals surface area (Å²) in [4.78, 5) is 0. The molecule has 142 valence electrons. The van der Waals surface area contributed by atoms with E-state index in [0.29, 0.717) is 5.57 Å². The van der Waals surface area contributed by atoms with Gasteiger partial charge >= 0.3 is 6.61 Å². The molecule has 0 aromatic rings. The molecule has 2 rings (SSSR count). The molecule has 0 aliphatic heterocycles. The van der Waals surface area contributed by atoms with E-state index in [1.54, 1.807) is 18.2 Å². The molecule has 0 amide bonds. The summed E-state index contributed by atoms with van der Waals surface area (Å²) < 4.78 is 48.7. The lowest BCUT2D eigenvalue weighted by Crippen LogP contribution is -2.28. The third-order valence-corrected chi connectivity index (χ3v) is 4.11. The second-order valence-corrected chi connectivity index (χ2v) is 5.85. The van der Waals surface area contributed by atoms with Gasteiger partial charge in [0.25, 0.3) is 0 Å². The molecule has 2 aliphatic rings. The Labute approximate surface area is 149 Å². The van der Waals surface area contributed by atoms with Gasteiger partial charge in [-0.05, 0) is 18.6 Å². The first-order chi connectivity index (χ1) is 12.3. The van der Waals surface area contributed by atoms with Crippen molar-refractivity contribution < 1.29 is 27.8 Å². The zero-order valence-corrected chi connectivity index (χ0v) is 13.9. The summed E-state index contributed by atoms with van der Waals surface area (Å²) in [6.45, 7) is 0.837. The van der Waals surface area contributed by atoms with E-state index in [4.69, 9.17) is 16.2 Å². The van der Waals surface area contributed by atoms with Crippen molar-refractivity contribution in [2.45, 2.75) is 19.1 Å². The van der Waals surface area contributed by atoms with Crippen LogP contribution >= 0.6 is 0 Å². The van der Waals surface area contributed by atoms with Crippen molar-refractivity contribution in [2.24, 2.45) is 23.3 Å². The van der Waals surface area contributed by atoms with Crippen LogP contribution in [0.2, 0.25) is 0 Å². The minimum absolute atomic E-state index is 0.00925. The molecule has 5 nitrogen and oxygen atoms in total. The van der Waals surface area contributed by atoms with Crippen LogP contribution in [0.1, 0.15) is 6.42 Å². The Kier molecular flexibility index (Phi) is 6.57. The molecule has 3 unspecified atom stereocenters. The lowest BCUT2D eigenvalue weighted by Gasteiger charge is -2.27. The van der Waals surface area contributed by atoms with E-state index >= 15 is 0 Å². The van der Waals surface area contributed by atoms with Gasteiger partial charge in [-0.3, -0.25) is 0 Å². The molecule has 0 heterocycles. The van der Waals surface area contributed by atoms with E-state index in [0.717, 1.165) is 0 Å². The number of ether oxygens (including phenoxy) is 2. The molecular weight excluding hydrogens is 349 g/mol. The number of hydrogen-bond acceptors (Lipinski definition) is 5. The molecule has 0 saturated carbocycles. The molecule has 8 heteroatoms. The van der Waals surface area contributed by atoms with Crippen molar-refractivity contribution in [1.82, 2.24) is 0 Å². The molecule has 0 aromatic carbocycles. The lowest BCUT2D eigenvalue weighted by atomic mass is 9.87. The van der Waals surface area contributed by atoms with Crippen LogP contribution in [0.4, 0.5) is 13.2 Å². The Balaban J connectivity index is 2.07. The maximum atomic E-state index is 13.6. The highest BCUT2D eigenvalue weighted by atomic mass is 19.3. The largest absolute Gasteiger partial charge is 0.494 e. The van der Waals surface area contributed by atoms with E-state index in [-0.39, 0.29) is 24.5 Å². The standard InChI is InChI=1S/C18H21F3N2O3/c1-10(14-8-12(19)6-7-13(14)16(22)17(23)24)25-9-11-4-2-3-5-15(11)26-18(20)21/h2-6,8,11,13,15,18,24H,1,7,9,22-23H2/b17-16-. The summed E-state index contributed by atoms with van der Waals surface area (Å²) in [5.41, 5.74) is 11.4. The first kappa shape index (κ1) is 19.7. The molecule has 0 aromatic heterocycles. The van der Waals surface area contributed by atoms with Crippen LogP contribution in [0.3, 0.4) is 0 Å². The highest BCUT2D eigenvalue weighted by Crippen LogP contribution is 2.34. The minimum Gasteiger partial charge on any atom is -0.494 e. The molecule has 0 spiro atoms. The van der Waals surface area contributed by atoms with Crippen LogP contribution in [-0.4, -0.2) is 24.4 Å². The van der Waals surface area contributed by atoms with Gasteiger partial charge in [0.2, 0.25) is 5.88 Å². The third kappa shape index (κ3) is 4.95. The van der Waals surface area contributed by atoms with E-state index < -0.39 is 36.3 Å². The van der Waals surface area contributed by atoms with Gasteiger partial charge in [-0.1, -0.05) is 30.9 Å². The SMILES string of the molecule is C=C(OCC1C=CC=CC1OC(F)F)C1=CC(F)=CCC1/C(N)=C(\N)O. The number of alkyl halides is 2. The van der Waals surface area contributed by atoms with Crippen molar-refractivity contribution in [3.8, 4) is 0 Å². The van der Waals surface area contributed by atoms with Crippen molar-refractivity contribution in [2.75, 3.05) is 6.61 Å². The molecule has 0 saturated heterocycles. The summed E-state index contributed by atoms with van der Waals surface area (Å²) in [6, 6.07) is 0. The average Bonchev–Trinajstić information content (AvgIpc) is 2.59. The van der Waals surface area contributed by atoms with Crippen molar-refractivity contribution >= 4 is 0 Å². The van der Waals surface area contributed by atoms with Gasteiger partial charge in [0.05, 0.1) is 18.4 Å². The Morgan fingerprint density at radius 2 is 2.00 bits per heavy atom. The summed E-state index contributed by atoms with van der Waals surface area (Å²) >= 11 is 0. The fraction of sp³-hybridized carbons (Fsp3) is 0.333. The van der Waals surface area contributed by atoms with Gasteiger partial charge in [-0.2, -0.15) is 8.78 Å². The predicted molar refractivity (Wildman–Crippen MR) is 91.1 cm³/mol. The lowest BCUT2D eigenvalue weighted by molar-refractivity contribution is -0.161. The zero-order valence-electron chi connectivity index (χ0n) is 13.9. The molecule has 0 bridgehead atoms. The zero-order chi connectivity index (χ0) is 19.3. The van der Waals surface area contributed by atoms with E-state index in [9.17, 15) is 18.3 Å². The highest BCUT2D eigenvalue weighted by Gasteiger charge is 2.28. The molecule has 0 fully saturated rings. The summed E-state index contributed by atoms with van der Waals surface area (Å²) in [5.74, 6) is -2.01. The molecule has 0 radical (unpaired) electrons. The monoisotopic (exact) mass is 370 g/mol. The third-order valence-electron chi connectivity index (χ3n) is 4.11. The molecular formula is C18H21F3N2O3. The Morgan fingerprint density at radius 3 is 2.65 bits per heavy atom. The van der Waals surface area contributed by atoms with Gasteiger partial charge in [0.1, 0.15) is 11.6 Å². The maximum Gasteiger partial charge on any atom is 0.345 e. The summed E-state index contributed by atoms with van der Waals surface area (Å²) in [7, 11) is 0. The number of hydrogen-bond donors (Lipinski definition) is 3. The number of aliphatic hydroxyl groups excluding tert-OH is 1. The summed E-state index contributed by atoms with van der Waals surface area (Å²) in [5, 5.41) is 9.41. The van der Waals surface area contributed by atoms with Crippen LogP contribution in [-0.2, 0) is 9.47 Å². The van der Waals surface area contributed by atoms with Gasteiger partial charge in [0, 0.05) is 17.4 Å². The van der Waals surface area contributed by atoms with Crippen LogP contribution in [0.5, 0.6) is 0 Å². The minimum atomic E-state index is -2.91. The number of nitrogens with two attached hydrogens (primary N) is 2. The fourth-order valence-corrected chi connectivity index (χ4v) is 2.74. The van der Waals surface area contributed by atoms with Crippen molar-refractivity contribution in [1.29, 1.82) is 0 Å². The van der Waals surface area contributed by atoms with Crippen molar-refractivity contribution in [3.63, 3.8) is 0 Å². The van der Waals surface area contributed by atoms with E-state index in [1.165, 1.54) is 18.2 Å². The van der Waals surface area contributed by atoms with Crippen molar-refractivity contribution in [3.05, 3.63) is 71.8 Å². The van der Waals surface area contributed by atoms with E-state index in [1.807, 2.05) is 0 Å². The average molecular weight is 370 g/mol. The topological polar surface area (TPSA) is 90.7 Å². The molecule has 5 N–H and O–H groups in total. The molecule has 26 heavy (non-hydrogen) atoms. The smallest absolute Gasteiger partial charge is 0.345 e. The van der Waals surface area contributed by atoms with Crippen LogP contribution < -0.4 is 11.5 Å². The van der Waals surface area contributed by atoms with Gasteiger partial charge < -0.3 is 26.0 Å². The second kappa shape index (κ2) is 8.66. The highest BCUT2D eigenvalue weighted by molar-refractivity contribution is 5.40. The number of aliphatic hydroxyl groups is 1. The van der Waals surface area contributed by atoms with Gasteiger partial charge in [0.15, 0.2) is 0 Å². The number of allylic oxidation sites excluding steroid dienone is 7. The summed E-state index contributed by atoms with van der Waals surface area (Å²) in [6.07, 6.45) is 8.30. The Morgan fingerprint density at radius 1 is 1.31 bits per heavy atom. The van der Waals surface area contributed by atoms with Gasteiger partial charge in [-0.25, -0.2) is 4.39 Å². The van der Waals surface area contributed by atoms with Crippen LogP contribution in [0, 0.1) is 11.8 Å². The normalized spacial score (nSPS) is 26.2. The Hall–Kier alpha value is -2.61. The number of rotatable bonds is 7.